The number of aliphatic hydroxyl groups excluding tert-OH is 1. The van der Waals surface area contributed by atoms with E-state index in [2.05, 4.69) is 21.2 Å². The molecule has 0 heterocycles. The molecule has 0 aliphatic rings. The molecule has 20 heavy (non-hydrogen) atoms. The summed E-state index contributed by atoms with van der Waals surface area (Å²) < 4.78 is 0.915. The van der Waals surface area contributed by atoms with E-state index in [1.807, 2.05) is 13.8 Å². The number of amides is 1. The smallest absolute Gasteiger partial charge is 0.220 e. The van der Waals surface area contributed by atoms with Crippen molar-refractivity contribution in [3.8, 4) is 0 Å². The molecule has 110 valence electrons. The average Bonchev–Trinajstić information content (AvgIpc) is 2.44. The van der Waals surface area contributed by atoms with Crippen molar-refractivity contribution in [1.29, 1.82) is 0 Å². The van der Waals surface area contributed by atoms with Crippen molar-refractivity contribution in [2.45, 2.75) is 32.7 Å². The lowest BCUT2D eigenvalue weighted by molar-refractivity contribution is -0.122. The van der Waals surface area contributed by atoms with Gasteiger partial charge in [0.15, 0.2) is 5.78 Å². The number of carbonyl (C=O) groups is 2. The number of benzene rings is 1. The largest absolute Gasteiger partial charge is 0.396 e. The lowest BCUT2D eigenvalue weighted by Gasteiger charge is -2.19. The van der Waals surface area contributed by atoms with Gasteiger partial charge in [0, 0.05) is 35.5 Å². The Balaban J connectivity index is 2.41. The van der Waals surface area contributed by atoms with E-state index in [1.165, 1.54) is 0 Å². The van der Waals surface area contributed by atoms with E-state index < -0.39 is 0 Å². The fraction of sp³-hybridized carbons (Fsp3) is 0.467. The van der Waals surface area contributed by atoms with Crippen LogP contribution in [0.25, 0.3) is 0 Å². The Hall–Kier alpha value is -1.20. The summed E-state index contributed by atoms with van der Waals surface area (Å²) in [6.45, 7) is 3.73. The normalized spacial score (nSPS) is 13.6. The van der Waals surface area contributed by atoms with Gasteiger partial charge >= 0.3 is 0 Å². The second-order valence-electron chi connectivity index (χ2n) is 4.95. The summed E-state index contributed by atoms with van der Waals surface area (Å²) in [7, 11) is 0. The van der Waals surface area contributed by atoms with Gasteiger partial charge in [-0.15, -0.1) is 0 Å². The van der Waals surface area contributed by atoms with Crippen molar-refractivity contribution in [3.05, 3.63) is 34.3 Å². The van der Waals surface area contributed by atoms with E-state index in [0.29, 0.717) is 5.56 Å². The molecule has 1 amide bonds. The Labute approximate surface area is 127 Å². The molecule has 0 aromatic heterocycles. The van der Waals surface area contributed by atoms with Crippen LogP contribution in [0, 0.1) is 5.92 Å². The number of Topliss-reactive ketones (excluding diaryl/α,β-unsaturated/α-hetero) is 1. The van der Waals surface area contributed by atoms with Crippen molar-refractivity contribution in [2.24, 2.45) is 5.92 Å². The molecule has 0 saturated heterocycles. The summed E-state index contributed by atoms with van der Waals surface area (Å²) in [5.41, 5.74) is 0.609. The van der Waals surface area contributed by atoms with Crippen LogP contribution < -0.4 is 5.32 Å². The van der Waals surface area contributed by atoms with E-state index in [1.54, 1.807) is 24.3 Å². The first-order valence-corrected chi connectivity index (χ1v) is 7.42. The Morgan fingerprint density at radius 3 is 2.35 bits per heavy atom. The molecule has 4 nitrogen and oxygen atoms in total. The molecule has 0 fully saturated rings. The summed E-state index contributed by atoms with van der Waals surface area (Å²) in [4.78, 5) is 23.6. The summed E-state index contributed by atoms with van der Waals surface area (Å²) in [6, 6.07) is 6.98. The highest BCUT2D eigenvalue weighted by atomic mass is 79.9. The maximum absolute atomic E-state index is 11.9. The van der Waals surface area contributed by atoms with Crippen molar-refractivity contribution in [2.75, 3.05) is 6.61 Å². The van der Waals surface area contributed by atoms with Crippen molar-refractivity contribution in [1.82, 2.24) is 5.32 Å². The van der Waals surface area contributed by atoms with Crippen LogP contribution in [0.5, 0.6) is 0 Å². The minimum absolute atomic E-state index is 0.00104. The maximum atomic E-state index is 11.9. The standard InChI is InChI=1S/C15H20BrNO3/c1-10(9-18)11(2)17-15(20)8-7-14(19)12-3-5-13(16)6-4-12/h3-6,10-11,18H,7-9H2,1-2H3,(H,17,20). The van der Waals surface area contributed by atoms with Crippen LogP contribution in [0.1, 0.15) is 37.0 Å². The molecule has 5 heteroatoms. The average molecular weight is 342 g/mol. The quantitative estimate of drug-likeness (QED) is 0.749. The number of hydrogen-bond acceptors (Lipinski definition) is 3. The van der Waals surface area contributed by atoms with Gasteiger partial charge in [0.25, 0.3) is 0 Å². The molecule has 1 aromatic rings. The molecule has 0 aliphatic heterocycles. The van der Waals surface area contributed by atoms with Crippen LogP contribution in [0.3, 0.4) is 0 Å². The highest BCUT2D eigenvalue weighted by molar-refractivity contribution is 9.10. The Morgan fingerprint density at radius 2 is 1.80 bits per heavy atom. The molecule has 0 aliphatic carbocycles. The number of ketones is 1. The molecule has 0 radical (unpaired) electrons. The van der Waals surface area contributed by atoms with Gasteiger partial charge in [0.1, 0.15) is 0 Å². The highest BCUT2D eigenvalue weighted by Crippen LogP contribution is 2.12. The van der Waals surface area contributed by atoms with Crippen LogP contribution in [-0.2, 0) is 4.79 Å². The zero-order valence-corrected chi connectivity index (χ0v) is 13.3. The Kier molecular flexibility index (Phi) is 6.88. The first kappa shape index (κ1) is 16.9. The lowest BCUT2D eigenvalue weighted by Crippen LogP contribution is -2.38. The van der Waals surface area contributed by atoms with Gasteiger partial charge in [-0.3, -0.25) is 9.59 Å². The number of rotatable bonds is 7. The SMILES string of the molecule is CC(CO)C(C)NC(=O)CCC(=O)c1ccc(Br)cc1. The van der Waals surface area contributed by atoms with E-state index in [4.69, 9.17) is 5.11 Å². The third-order valence-corrected chi connectivity index (χ3v) is 3.80. The Morgan fingerprint density at radius 1 is 1.20 bits per heavy atom. The van der Waals surface area contributed by atoms with E-state index in [0.717, 1.165) is 4.47 Å². The van der Waals surface area contributed by atoms with Gasteiger partial charge in [0.05, 0.1) is 0 Å². The maximum Gasteiger partial charge on any atom is 0.220 e. The third-order valence-electron chi connectivity index (χ3n) is 3.28. The molecule has 2 N–H and O–H groups in total. The number of nitrogens with one attached hydrogen (secondary N) is 1. The minimum Gasteiger partial charge on any atom is -0.396 e. The monoisotopic (exact) mass is 341 g/mol. The van der Waals surface area contributed by atoms with E-state index >= 15 is 0 Å². The van der Waals surface area contributed by atoms with Crippen molar-refractivity contribution in [3.63, 3.8) is 0 Å². The first-order valence-electron chi connectivity index (χ1n) is 6.63. The van der Waals surface area contributed by atoms with E-state index in [9.17, 15) is 9.59 Å². The molecule has 0 spiro atoms. The zero-order valence-electron chi connectivity index (χ0n) is 11.7. The third kappa shape index (κ3) is 5.43. The molecule has 2 atom stereocenters. The Bertz CT molecular complexity index is 459. The molecule has 1 rings (SSSR count). The van der Waals surface area contributed by atoms with Crippen molar-refractivity contribution >= 4 is 27.6 Å². The number of carbonyl (C=O) groups excluding carboxylic acids is 2. The van der Waals surface area contributed by atoms with E-state index in [-0.39, 0.29) is 43.1 Å². The number of hydrogen-bond donors (Lipinski definition) is 2. The summed E-state index contributed by atoms with van der Waals surface area (Å²) in [6.07, 6.45) is 0.352. The molecule has 2 unspecified atom stereocenters. The van der Waals surface area contributed by atoms with Crippen LogP contribution in [0.15, 0.2) is 28.7 Å². The molecule has 1 aromatic carbocycles. The highest BCUT2D eigenvalue weighted by Gasteiger charge is 2.15. The topological polar surface area (TPSA) is 66.4 Å². The molecular formula is C15H20BrNO3. The van der Waals surface area contributed by atoms with Gasteiger partial charge in [-0.25, -0.2) is 0 Å². The summed E-state index contributed by atoms with van der Waals surface area (Å²) >= 11 is 3.31. The molecule has 0 bridgehead atoms. The van der Waals surface area contributed by atoms with Crippen LogP contribution in [-0.4, -0.2) is 29.4 Å². The lowest BCUT2D eigenvalue weighted by atomic mass is 10.0. The molecular weight excluding hydrogens is 322 g/mol. The van der Waals surface area contributed by atoms with Crippen LogP contribution >= 0.6 is 15.9 Å². The molecule has 0 saturated carbocycles. The van der Waals surface area contributed by atoms with Gasteiger partial charge in [-0.2, -0.15) is 0 Å². The fourth-order valence-corrected chi connectivity index (χ4v) is 1.90. The van der Waals surface area contributed by atoms with Gasteiger partial charge < -0.3 is 10.4 Å². The van der Waals surface area contributed by atoms with Gasteiger partial charge in [-0.1, -0.05) is 35.0 Å². The summed E-state index contributed by atoms with van der Waals surface area (Å²) in [5.74, 6) is -0.208. The van der Waals surface area contributed by atoms with Crippen LogP contribution in [0.4, 0.5) is 0 Å². The van der Waals surface area contributed by atoms with Gasteiger partial charge in [-0.05, 0) is 25.0 Å². The predicted molar refractivity (Wildman–Crippen MR) is 81.6 cm³/mol. The van der Waals surface area contributed by atoms with Crippen molar-refractivity contribution < 1.29 is 14.7 Å². The fourth-order valence-electron chi connectivity index (χ4n) is 1.63. The first-order chi connectivity index (χ1) is 9.43. The minimum atomic E-state index is -0.164. The second-order valence-corrected chi connectivity index (χ2v) is 5.86. The summed E-state index contributed by atoms with van der Waals surface area (Å²) in [5, 5.41) is 11.8. The number of halogens is 1. The van der Waals surface area contributed by atoms with Gasteiger partial charge in [0.2, 0.25) is 5.91 Å². The second kappa shape index (κ2) is 8.17. The zero-order chi connectivity index (χ0) is 15.1. The van der Waals surface area contributed by atoms with Crippen LogP contribution in [0.2, 0.25) is 0 Å². The predicted octanol–water partition coefficient (Wildman–Crippen LogP) is 2.55. The number of aliphatic hydroxyl groups is 1.